The van der Waals surface area contributed by atoms with Gasteiger partial charge in [0, 0.05) is 11.8 Å². The maximum atomic E-state index is 12.6. The molecule has 0 spiro atoms. The van der Waals surface area contributed by atoms with Crippen LogP contribution in [0.25, 0.3) is 10.2 Å². The highest BCUT2D eigenvalue weighted by atomic mass is 32.1. The van der Waals surface area contributed by atoms with E-state index >= 15 is 0 Å². The van der Waals surface area contributed by atoms with Crippen LogP contribution in [0.2, 0.25) is 0 Å². The Morgan fingerprint density at radius 3 is 2.61 bits per heavy atom. The maximum absolute atomic E-state index is 12.6. The molecule has 31 heavy (non-hydrogen) atoms. The van der Waals surface area contributed by atoms with Crippen LogP contribution < -0.4 is 5.56 Å². The lowest BCUT2D eigenvalue weighted by atomic mass is 10.1. The van der Waals surface area contributed by atoms with E-state index in [4.69, 9.17) is 8.42 Å². The van der Waals surface area contributed by atoms with Crippen molar-refractivity contribution in [2.75, 3.05) is 0 Å². The molecule has 0 saturated heterocycles. The van der Waals surface area contributed by atoms with Crippen LogP contribution in [0.3, 0.4) is 0 Å². The van der Waals surface area contributed by atoms with Gasteiger partial charge in [-0.3, -0.25) is 14.0 Å². The standard InChI is InChI=1S/C20H17N3O4S.O2S/c1-12-3-2-4-13(7-12)9-22-10-14(8-21-22)11-23-15-5-6-28-18(15)16(20(26)27)17(24)19(23)25;1-3-2/h2-8,10,24H,9,11H2,1H3,(H,26,27);. The number of hydrogen-bond donors (Lipinski definition) is 2. The van der Waals surface area contributed by atoms with E-state index in [1.165, 1.54) is 21.5 Å². The maximum Gasteiger partial charge on any atom is 0.341 e. The van der Waals surface area contributed by atoms with Crippen molar-refractivity contribution in [1.29, 1.82) is 0 Å². The van der Waals surface area contributed by atoms with Gasteiger partial charge in [0.25, 0.3) is 5.56 Å². The molecule has 0 aliphatic carbocycles. The molecule has 0 radical (unpaired) electrons. The van der Waals surface area contributed by atoms with Gasteiger partial charge in [0.15, 0.2) is 5.75 Å². The Morgan fingerprint density at radius 2 is 1.94 bits per heavy atom. The summed E-state index contributed by atoms with van der Waals surface area (Å²) in [7, 11) is 0. The van der Waals surface area contributed by atoms with Gasteiger partial charge >= 0.3 is 17.5 Å². The summed E-state index contributed by atoms with van der Waals surface area (Å²) < 4.78 is 20.1. The number of carbonyl (C=O) groups is 1. The van der Waals surface area contributed by atoms with Gasteiger partial charge in [-0.1, -0.05) is 29.8 Å². The van der Waals surface area contributed by atoms with E-state index in [0.29, 0.717) is 16.8 Å². The fraction of sp³-hybridized carbons (Fsp3) is 0.150. The molecule has 0 unspecified atom stereocenters. The number of aromatic carboxylic acids is 1. The third kappa shape index (κ3) is 4.78. The molecule has 3 heterocycles. The van der Waals surface area contributed by atoms with Crippen LogP contribution in [0.1, 0.15) is 27.0 Å². The van der Waals surface area contributed by atoms with Gasteiger partial charge in [-0.05, 0) is 23.9 Å². The fourth-order valence-electron chi connectivity index (χ4n) is 3.26. The molecule has 4 rings (SSSR count). The first-order valence-corrected chi connectivity index (χ1v) is 10.4. The second-order valence-corrected chi connectivity index (χ2v) is 7.71. The molecule has 0 aliphatic heterocycles. The lowest BCUT2D eigenvalue weighted by molar-refractivity contribution is 0.0695. The molecule has 1 aromatic carbocycles. The van der Waals surface area contributed by atoms with E-state index < -0.39 is 28.8 Å². The van der Waals surface area contributed by atoms with E-state index in [9.17, 15) is 19.8 Å². The van der Waals surface area contributed by atoms with Gasteiger partial charge in [-0.15, -0.1) is 11.3 Å². The number of aryl methyl sites for hydroxylation is 1. The average Bonchev–Trinajstić information content (AvgIpc) is 3.35. The van der Waals surface area contributed by atoms with Gasteiger partial charge < -0.3 is 10.2 Å². The number of carboxylic acid groups (broad SMARTS) is 1. The predicted octanol–water partition coefficient (Wildman–Crippen LogP) is 2.40. The number of carboxylic acids is 1. The van der Waals surface area contributed by atoms with Crippen molar-refractivity contribution in [3.8, 4) is 5.75 Å². The van der Waals surface area contributed by atoms with Crippen molar-refractivity contribution >= 4 is 39.1 Å². The molecule has 0 fully saturated rings. The average molecular weight is 460 g/mol. The van der Waals surface area contributed by atoms with Gasteiger partial charge in [-0.25, -0.2) is 4.79 Å². The zero-order valence-corrected chi connectivity index (χ0v) is 17.9. The van der Waals surface area contributed by atoms with Crippen molar-refractivity contribution in [1.82, 2.24) is 14.3 Å². The van der Waals surface area contributed by atoms with Crippen molar-refractivity contribution in [2.24, 2.45) is 0 Å². The third-order valence-corrected chi connectivity index (χ3v) is 5.44. The van der Waals surface area contributed by atoms with Crippen LogP contribution in [-0.4, -0.2) is 38.9 Å². The van der Waals surface area contributed by atoms with E-state index in [-0.39, 0.29) is 12.1 Å². The van der Waals surface area contributed by atoms with Gasteiger partial charge in [0.1, 0.15) is 5.56 Å². The summed E-state index contributed by atoms with van der Waals surface area (Å²) in [5, 5.41) is 25.5. The molecule has 9 nitrogen and oxygen atoms in total. The highest BCUT2D eigenvalue weighted by Gasteiger charge is 2.22. The number of thiophene rings is 1. The number of aromatic hydroxyl groups is 1. The Kier molecular flexibility index (Phi) is 6.78. The predicted molar refractivity (Wildman–Crippen MR) is 115 cm³/mol. The summed E-state index contributed by atoms with van der Waals surface area (Å²) in [6.45, 7) is 2.82. The summed E-state index contributed by atoms with van der Waals surface area (Å²) in [6.07, 6.45) is 3.51. The van der Waals surface area contributed by atoms with E-state index in [0.717, 1.165) is 11.1 Å². The molecule has 0 amide bonds. The minimum Gasteiger partial charge on any atom is -0.502 e. The summed E-state index contributed by atoms with van der Waals surface area (Å²) in [4.78, 5) is 24.0. The van der Waals surface area contributed by atoms with E-state index in [2.05, 4.69) is 11.2 Å². The molecular weight excluding hydrogens is 442 g/mol. The Bertz CT molecular complexity index is 1350. The fourth-order valence-corrected chi connectivity index (χ4v) is 4.20. The summed E-state index contributed by atoms with van der Waals surface area (Å²) in [5.74, 6) is -2.06. The highest BCUT2D eigenvalue weighted by Crippen LogP contribution is 2.29. The first kappa shape index (κ1) is 22.1. The first-order valence-electron chi connectivity index (χ1n) is 8.90. The smallest absolute Gasteiger partial charge is 0.341 e. The Morgan fingerprint density at radius 1 is 1.19 bits per heavy atom. The van der Waals surface area contributed by atoms with E-state index in [1.807, 2.05) is 31.3 Å². The van der Waals surface area contributed by atoms with Crippen LogP contribution in [0.5, 0.6) is 5.75 Å². The minimum absolute atomic E-state index is 0.188. The number of rotatable bonds is 5. The molecule has 2 N–H and O–H groups in total. The monoisotopic (exact) mass is 459 g/mol. The van der Waals surface area contributed by atoms with Crippen molar-refractivity contribution < 1.29 is 23.4 Å². The van der Waals surface area contributed by atoms with Crippen molar-refractivity contribution in [2.45, 2.75) is 20.0 Å². The van der Waals surface area contributed by atoms with Crippen LogP contribution in [0, 0.1) is 6.92 Å². The summed E-state index contributed by atoms with van der Waals surface area (Å²) in [6, 6.07) is 9.82. The minimum atomic E-state index is -1.32. The molecular formula is C20H17N3O6S2. The number of nitrogens with zero attached hydrogens (tertiary/aromatic N) is 3. The number of fused-ring (bicyclic) bond motifs is 1. The first-order chi connectivity index (χ1) is 14.8. The molecule has 0 saturated carbocycles. The number of aromatic nitrogens is 3. The van der Waals surface area contributed by atoms with Crippen molar-refractivity contribution in [3.05, 3.63) is 80.7 Å². The number of hydrogen-bond acceptors (Lipinski definition) is 7. The highest BCUT2D eigenvalue weighted by molar-refractivity contribution is 7.51. The Balaban J connectivity index is 0.000000858. The largest absolute Gasteiger partial charge is 0.502 e. The van der Waals surface area contributed by atoms with E-state index in [1.54, 1.807) is 22.3 Å². The van der Waals surface area contributed by atoms with Gasteiger partial charge in [0.2, 0.25) is 0 Å². The zero-order valence-electron chi connectivity index (χ0n) is 16.2. The zero-order chi connectivity index (χ0) is 22.5. The Labute approximate surface area is 183 Å². The topological polar surface area (TPSA) is 131 Å². The quantitative estimate of drug-likeness (QED) is 0.468. The molecule has 4 aromatic rings. The molecule has 0 aliphatic rings. The summed E-state index contributed by atoms with van der Waals surface area (Å²) >= 11 is 0.427. The molecule has 3 aromatic heterocycles. The molecule has 11 heteroatoms. The van der Waals surface area contributed by atoms with Gasteiger partial charge in [0.05, 0.1) is 29.5 Å². The van der Waals surface area contributed by atoms with Crippen LogP contribution >= 0.6 is 11.3 Å². The molecule has 160 valence electrons. The van der Waals surface area contributed by atoms with Gasteiger partial charge in [-0.2, -0.15) is 13.5 Å². The molecule has 0 atom stereocenters. The van der Waals surface area contributed by atoms with Crippen LogP contribution in [0.4, 0.5) is 0 Å². The lowest BCUT2D eigenvalue weighted by Gasteiger charge is -2.10. The normalized spacial score (nSPS) is 10.5. The summed E-state index contributed by atoms with van der Waals surface area (Å²) in [5.41, 5.74) is 2.48. The van der Waals surface area contributed by atoms with Crippen LogP contribution in [-0.2, 0) is 24.7 Å². The Hall–Kier alpha value is -3.57. The third-order valence-electron chi connectivity index (χ3n) is 4.52. The van der Waals surface area contributed by atoms with Crippen molar-refractivity contribution in [3.63, 3.8) is 0 Å². The van der Waals surface area contributed by atoms with Crippen LogP contribution in [0.15, 0.2) is 52.9 Å². The second-order valence-electron chi connectivity index (χ2n) is 6.66. The number of pyridine rings is 1. The molecule has 0 bridgehead atoms. The second kappa shape index (κ2) is 9.49. The lowest BCUT2D eigenvalue weighted by Crippen LogP contribution is -2.22. The number of benzene rings is 1. The SMILES string of the molecule is Cc1cccc(Cn2cc(Cn3c(=O)c(O)c(C(=O)O)c4sccc43)cn2)c1.O=S=O.